The van der Waals surface area contributed by atoms with Gasteiger partial charge in [-0.25, -0.2) is 4.79 Å². The minimum absolute atomic E-state index is 0.0595. The van der Waals surface area contributed by atoms with E-state index in [4.69, 9.17) is 21.1 Å². The maximum atomic E-state index is 12.0. The number of carbonyl (C=O) groups excluding carboxylic acids is 1. The molecule has 0 aromatic heterocycles. The third-order valence-electron chi connectivity index (χ3n) is 2.98. The molecule has 0 spiro atoms. The molecule has 19 heavy (non-hydrogen) atoms. The summed E-state index contributed by atoms with van der Waals surface area (Å²) < 4.78 is 9.86. The molecular weight excluding hydrogens is 268 g/mol. The minimum atomic E-state index is -0.539. The molecule has 1 aromatic carbocycles. The standard InChI is InChI=1S/C14H19ClO4/c1-9-8-12(16)13(10(2)11(9)4-5-15)14(17)19-7-6-18-3/h8,16H,4-7H2,1-3H3. The van der Waals surface area contributed by atoms with E-state index in [1.165, 1.54) is 7.11 Å². The van der Waals surface area contributed by atoms with Gasteiger partial charge in [0, 0.05) is 13.0 Å². The summed E-state index contributed by atoms with van der Waals surface area (Å²) >= 11 is 5.76. The first-order chi connectivity index (χ1) is 9.02. The van der Waals surface area contributed by atoms with Crippen molar-refractivity contribution in [3.05, 3.63) is 28.3 Å². The summed E-state index contributed by atoms with van der Waals surface area (Å²) in [5.41, 5.74) is 2.83. The van der Waals surface area contributed by atoms with Gasteiger partial charge < -0.3 is 14.6 Å². The molecule has 0 aliphatic carbocycles. The van der Waals surface area contributed by atoms with Crippen molar-refractivity contribution in [2.75, 3.05) is 26.2 Å². The van der Waals surface area contributed by atoms with Crippen LogP contribution in [0.2, 0.25) is 0 Å². The summed E-state index contributed by atoms with van der Waals surface area (Å²) in [7, 11) is 1.53. The number of alkyl halides is 1. The number of benzene rings is 1. The molecule has 0 aliphatic rings. The average molecular weight is 287 g/mol. The highest BCUT2D eigenvalue weighted by Gasteiger charge is 2.19. The summed E-state index contributed by atoms with van der Waals surface area (Å²) in [4.78, 5) is 12.0. The SMILES string of the molecule is COCCOC(=O)c1c(O)cc(C)c(CCCl)c1C. The molecule has 0 radical (unpaired) electrons. The van der Waals surface area contributed by atoms with Crippen molar-refractivity contribution < 1.29 is 19.4 Å². The Morgan fingerprint density at radius 2 is 2.05 bits per heavy atom. The fourth-order valence-corrected chi connectivity index (χ4v) is 2.22. The summed E-state index contributed by atoms with van der Waals surface area (Å²) in [5.74, 6) is -0.136. The number of aryl methyl sites for hydroxylation is 1. The molecule has 106 valence electrons. The molecule has 1 aromatic rings. The Kier molecular flexibility index (Phi) is 6.12. The van der Waals surface area contributed by atoms with E-state index in [9.17, 15) is 9.90 Å². The highest BCUT2D eigenvalue weighted by Crippen LogP contribution is 2.28. The molecule has 0 bridgehead atoms. The van der Waals surface area contributed by atoms with Crippen LogP contribution in [0, 0.1) is 13.8 Å². The smallest absolute Gasteiger partial charge is 0.342 e. The van der Waals surface area contributed by atoms with Gasteiger partial charge in [-0.2, -0.15) is 0 Å². The van der Waals surface area contributed by atoms with Crippen LogP contribution in [0.4, 0.5) is 0 Å². The Hall–Kier alpha value is -1.26. The first kappa shape index (κ1) is 15.8. The van der Waals surface area contributed by atoms with Gasteiger partial charge in [0.25, 0.3) is 0 Å². The van der Waals surface area contributed by atoms with Crippen molar-refractivity contribution in [2.24, 2.45) is 0 Å². The molecule has 1 rings (SSSR count). The molecule has 0 saturated carbocycles. The van der Waals surface area contributed by atoms with E-state index >= 15 is 0 Å². The van der Waals surface area contributed by atoms with Crippen LogP contribution in [0.15, 0.2) is 6.07 Å². The quantitative estimate of drug-likeness (QED) is 0.496. The van der Waals surface area contributed by atoms with Gasteiger partial charge in [-0.05, 0) is 43.0 Å². The Morgan fingerprint density at radius 1 is 1.37 bits per heavy atom. The van der Waals surface area contributed by atoms with E-state index < -0.39 is 5.97 Å². The zero-order valence-corrected chi connectivity index (χ0v) is 12.2. The van der Waals surface area contributed by atoms with Gasteiger partial charge in [0.05, 0.1) is 6.61 Å². The van der Waals surface area contributed by atoms with E-state index in [0.717, 1.165) is 16.7 Å². The molecule has 0 unspecified atom stereocenters. The predicted molar refractivity (Wildman–Crippen MR) is 74.2 cm³/mol. The first-order valence-corrected chi connectivity index (χ1v) is 6.60. The second kappa shape index (κ2) is 7.36. The number of phenolic OH excluding ortho intramolecular Hbond substituents is 1. The number of aromatic hydroxyl groups is 1. The largest absolute Gasteiger partial charge is 0.507 e. The highest BCUT2D eigenvalue weighted by molar-refractivity contribution is 6.18. The van der Waals surface area contributed by atoms with Crippen molar-refractivity contribution in [2.45, 2.75) is 20.3 Å². The van der Waals surface area contributed by atoms with Crippen molar-refractivity contribution in [3.8, 4) is 5.75 Å². The molecule has 4 nitrogen and oxygen atoms in total. The van der Waals surface area contributed by atoms with Crippen molar-refractivity contribution in [3.63, 3.8) is 0 Å². The molecule has 0 aliphatic heterocycles. The Labute approximate surface area is 118 Å². The summed E-state index contributed by atoms with van der Waals surface area (Å²) in [5, 5.41) is 9.93. The number of halogens is 1. The van der Waals surface area contributed by atoms with Gasteiger partial charge in [0.1, 0.15) is 17.9 Å². The number of rotatable bonds is 6. The number of carbonyl (C=O) groups is 1. The van der Waals surface area contributed by atoms with Gasteiger partial charge in [0.2, 0.25) is 0 Å². The molecule has 0 atom stereocenters. The zero-order chi connectivity index (χ0) is 14.4. The Balaban J connectivity index is 3.05. The molecule has 0 heterocycles. The van der Waals surface area contributed by atoms with Gasteiger partial charge in [0.15, 0.2) is 0 Å². The van der Waals surface area contributed by atoms with E-state index in [0.29, 0.717) is 18.9 Å². The van der Waals surface area contributed by atoms with Crippen LogP contribution in [-0.4, -0.2) is 37.3 Å². The third kappa shape index (κ3) is 3.85. The number of hydrogen-bond acceptors (Lipinski definition) is 4. The van der Waals surface area contributed by atoms with Gasteiger partial charge in [-0.1, -0.05) is 0 Å². The summed E-state index contributed by atoms with van der Waals surface area (Å²) in [6.07, 6.45) is 0.651. The molecule has 0 amide bonds. The fraction of sp³-hybridized carbons (Fsp3) is 0.500. The van der Waals surface area contributed by atoms with Crippen LogP contribution >= 0.6 is 11.6 Å². The lowest BCUT2D eigenvalue weighted by molar-refractivity contribution is 0.0384. The van der Waals surface area contributed by atoms with Crippen molar-refractivity contribution >= 4 is 17.6 Å². The van der Waals surface area contributed by atoms with Crippen LogP contribution in [0.5, 0.6) is 5.75 Å². The Morgan fingerprint density at radius 3 is 2.63 bits per heavy atom. The predicted octanol–water partition coefficient (Wildman–Crippen LogP) is 2.59. The Bertz CT molecular complexity index is 457. The van der Waals surface area contributed by atoms with Crippen molar-refractivity contribution in [1.82, 2.24) is 0 Å². The van der Waals surface area contributed by atoms with E-state index in [2.05, 4.69) is 0 Å². The van der Waals surface area contributed by atoms with E-state index in [1.807, 2.05) is 6.92 Å². The lowest BCUT2D eigenvalue weighted by Crippen LogP contribution is -2.13. The topological polar surface area (TPSA) is 55.8 Å². The number of hydrogen-bond donors (Lipinski definition) is 1. The molecule has 0 fully saturated rings. The normalized spacial score (nSPS) is 10.5. The average Bonchev–Trinajstić information content (AvgIpc) is 2.34. The molecular formula is C14H19ClO4. The van der Waals surface area contributed by atoms with Crippen LogP contribution in [0.1, 0.15) is 27.0 Å². The van der Waals surface area contributed by atoms with Gasteiger partial charge in [-0.15, -0.1) is 11.6 Å². The lowest BCUT2D eigenvalue weighted by Gasteiger charge is -2.15. The van der Waals surface area contributed by atoms with E-state index in [1.54, 1.807) is 13.0 Å². The lowest BCUT2D eigenvalue weighted by atomic mass is 9.95. The maximum absolute atomic E-state index is 12.0. The summed E-state index contributed by atoms with van der Waals surface area (Å²) in [6, 6.07) is 1.57. The van der Waals surface area contributed by atoms with Crippen LogP contribution in [0.25, 0.3) is 0 Å². The van der Waals surface area contributed by atoms with Crippen LogP contribution < -0.4 is 0 Å². The number of phenols is 1. The third-order valence-corrected chi connectivity index (χ3v) is 3.17. The first-order valence-electron chi connectivity index (χ1n) is 6.07. The van der Waals surface area contributed by atoms with Crippen molar-refractivity contribution in [1.29, 1.82) is 0 Å². The second-order valence-electron chi connectivity index (χ2n) is 4.26. The van der Waals surface area contributed by atoms with E-state index in [-0.39, 0.29) is 17.9 Å². The fourth-order valence-electron chi connectivity index (χ4n) is 2.03. The van der Waals surface area contributed by atoms with Gasteiger partial charge in [-0.3, -0.25) is 0 Å². The summed E-state index contributed by atoms with van der Waals surface area (Å²) in [6.45, 7) is 4.16. The maximum Gasteiger partial charge on any atom is 0.342 e. The van der Waals surface area contributed by atoms with Crippen LogP contribution in [-0.2, 0) is 15.9 Å². The monoisotopic (exact) mass is 286 g/mol. The number of ether oxygens (including phenoxy) is 2. The minimum Gasteiger partial charge on any atom is -0.507 e. The second-order valence-corrected chi connectivity index (χ2v) is 4.64. The molecule has 5 heteroatoms. The molecule has 1 N–H and O–H groups in total. The van der Waals surface area contributed by atoms with Gasteiger partial charge >= 0.3 is 5.97 Å². The zero-order valence-electron chi connectivity index (χ0n) is 11.5. The molecule has 0 saturated heterocycles. The number of methoxy groups -OCH3 is 1. The number of esters is 1. The highest BCUT2D eigenvalue weighted by atomic mass is 35.5. The van der Waals surface area contributed by atoms with Crippen LogP contribution in [0.3, 0.4) is 0 Å².